The third-order valence-corrected chi connectivity index (χ3v) is 2.25. The second-order valence-corrected chi connectivity index (χ2v) is 3.94. The van der Waals surface area contributed by atoms with Gasteiger partial charge in [0.2, 0.25) is 0 Å². The van der Waals surface area contributed by atoms with Crippen molar-refractivity contribution in [1.82, 2.24) is 14.8 Å². The SMILES string of the molecule is Cc1nnn2c(C(C)(C)O)cccc12. The molecule has 2 aromatic heterocycles. The topological polar surface area (TPSA) is 50.4 Å². The van der Waals surface area contributed by atoms with Gasteiger partial charge in [0.1, 0.15) is 5.60 Å². The van der Waals surface area contributed by atoms with E-state index in [1.54, 1.807) is 18.4 Å². The molecule has 0 saturated heterocycles. The maximum atomic E-state index is 9.91. The van der Waals surface area contributed by atoms with E-state index in [0.29, 0.717) is 0 Å². The van der Waals surface area contributed by atoms with E-state index < -0.39 is 5.60 Å². The molecule has 1 N–H and O–H groups in total. The molecule has 0 radical (unpaired) electrons. The summed E-state index contributed by atoms with van der Waals surface area (Å²) in [5.74, 6) is 0. The summed E-state index contributed by atoms with van der Waals surface area (Å²) in [6.45, 7) is 5.37. The molecule has 0 aromatic carbocycles. The van der Waals surface area contributed by atoms with Crippen molar-refractivity contribution in [3.8, 4) is 0 Å². The molecule has 0 saturated carbocycles. The van der Waals surface area contributed by atoms with Crippen LogP contribution >= 0.6 is 0 Å². The Labute approximate surface area is 82.2 Å². The maximum Gasteiger partial charge on any atom is 0.101 e. The van der Waals surface area contributed by atoms with Crippen molar-refractivity contribution in [1.29, 1.82) is 0 Å². The fourth-order valence-electron chi connectivity index (χ4n) is 1.50. The fourth-order valence-corrected chi connectivity index (χ4v) is 1.50. The van der Waals surface area contributed by atoms with Crippen molar-refractivity contribution >= 4 is 5.52 Å². The molecule has 74 valence electrons. The van der Waals surface area contributed by atoms with E-state index in [1.807, 2.05) is 25.1 Å². The fraction of sp³-hybridized carbons (Fsp3) is 0.400. The first-order valence-corrected chi connectivity index (χ1v) is 4.54. The molecule has 0 bridgehead atoms. The van der Waals surface area contributed by atoms with Crippen LogP contribution in [0.5, 0.6) is 0 Å². The number of aryl methyl sites for hydroxylation is 1. The molecule has 14 heavy (non-hydrogen) atoms. The number of fused-ring (bicyclic) bond motifs is 1. The molecule has 0 spiro atoms. The van der Waals surface area contributed by atoms with Gasteiger partial charge in [-0.2, -0.15) is 0 Å². The molecule has 0 aliphatic heterocycles. The Kier molecular flexibility index (Phi) is 1.82. The zero-order valence-electron chi connectivity index (χ0n) is 8.52. The minimum atomic E-state index is -0.903. The van der Waals surface area contributed by atoms with Crippen molar-refractivity contribution in [2.75, 3.05) is 0 Å². The van der Waals surface area contributed by atoms with Crippen LogP contribution in [0.25, 0.3) is 5.52 Å². The van der Waals surface area contributed by atoms with Crippen LogP contribution in [0.15, 0.2) is 18.2 Å². The van der Waals surface area contributed by atoms with Crippen LogP contribution < -0.4 is 0 Å². The number of pyridine rings is 1. The molecule has 0 amide bonds. The van der Waals surface area contributed by atoms with Gasteiger partial charge in [0.25, 0.3) is 0 Å². The molecule has 0 unspecified atom stereocenters. The minimum Gasteiger partial charge on any atom is -0.384 e. The summed E-state index contributed by atoms with van der Waals surface area (Å²) in [5, 5.41) is 17.9. The summed E-state index contributed by atoms with van der Waals surface area (Å²) in [6.07, 6.45) is 0. The maximum absolute atomic E-state index is 9.91. The lowest BCUT2D eigenvalue weighted by atomic mass is 10.0. The first-order valence-electron chi connectivity index (χ1n) is 4.54. The molecule has 4 nitrogen and oxygen atoms in total. The Bertz CT molecular complexity index is 468. The average Bonchev–Trinajstić information content (AvgIpc) is 2.46. The monoisotopic (exact) mass is 191 g/mol. The zero-order valence-corrected chi connectivity index (χ0v) is 8.52. The van der Waals surface area contributed by atoms with Gasteiger partial charge in [0.05, 0.1) is 16.9 Å². The summed E-state index contributed by atoms with van der Waals surface area (Å²) < 4.78 is 1.68. The molecule has 2 heterocycles. The second-order valence-electron chi connectivity index (χ2n) is 3.94. The van der Waals surface area contributed by atoms with E-state index in [1.165, 1.54) is 0 Å². The van der Waals surface area contributed by atoms with Crippen LogP contribution in [-0.4, -0.2) is 19.9 Å². The summed E-state index contributed by atoms with van der Waals surface area (Å²) in [6, 6.07) is 5.69. The molecule has 0 atom stereocenters. The van der Waals surface area contributed by atoms with Crippen molar-refractivity contribution in [2.45, 2.75) is 26.4 Å². The normalized spacial score (nSPS) is 12.3. The first kappa shape index (κ1) is 9.15. The molecular weight excluding hydrogens is 178 g/mol. The van der Waals surface area contributed by atoms with Crippen LogP contribution in [0.1, 0.15) is 25.2 Å². The van der Waals surface area contributed by atoms with Gasteiger partial charge in [0.15, 0.2) is 0 Å². The van der Waals surface area contributed by atoms with Gasteiger partial charge < -0.3 is 5.11 Å². The van der Waals surface area contributed by atoms with Gasteiger partial charge in [0, 0.05) is 0 Å². The van der Waals surface area contributed by atoms with E-state index in [2.05, 4.69) is 10.3 Å². The van der Waals surface area contributed by atoms with Crippen molar-refractivity contribution < 1.29 is 5.11 Å². The lowest BCUT2D eigenvalue weighted by molar-refractivity contribution is 0.0713. The van der Waals surface area contributed by atoms with E-state index in [4.69, 9.17) is 0 Å². The lowest BCUT2D eigenvalue weighted by Crippen LogP contribution is -2.20. The van der Waals surface area contributed by atoms with Gasteiger partial charge in [-0.1, -0.05) is 11.3 Å². The molecular formula is C10H13N3O. The highest BCUT2D eigenvalue weighted by Gasteiger charge is 2.20. The second kappa shape index (κ2) is 2.78. The standard InChI is InChI=1S/C10H13N3O/c1-7-8-5-4-6-9(10(2,3)14)13(8)12-11-7/h4-6,14H,1-3H3. The van der Waals surface area contributed by atoms with Crippen LogP contribution in [0, 0.1) is 6.92 Å². The van der Waals surface area contributed by atoms with Crippen molar-refractivity contribution in [2.24, 2.45) is 0 Å². The zero-order chi connectivity index (χ0) is 10.3. The number of aromatic nitrogens is 3. The smallest absolute Gasteiger partial charge is 0.101 e. The molecule has 0 fully saturated rings. The first-order chi connectivity index (χ1) is 6.50. The highest BCUT2D eigenvalue weighted by molar-refractivity contribution is 5.51. The molecule has 0 aliphatic carbocycles. The molecule has 2 rings (SSSR count). The average molecular weight is 191 g/mol. The van der Waals surface area contributed by atoms with Crippen LogP contribution in [0.2, 0.25) is 0 Å². The highest BCUT2D eigenvalue weighted by atomic mass is 16.3. The predicted octanol–water partition coefficient (Wildman–Crippen LogP) is 1.27. The van der Waals surface area contributed by atoms with Crippen LogP contribution in [0.3, 0.4) is 0 Å². The van der Waals surface area contributed by atoms with E-state index >= 15 is 0 Å². The van der Waals surface area contributed by atoms with E-state index in [9.17, 15) is 5.11 Å². The number of aliphatic hydroxyl groups is 1. The molecule has 2 aromatic rings. The summed E-state index contributed by atoms with van der Waals surface area (Å²) in [4.78, 5) is 0. The quantitative estimate of drug-likeness (QED) is 0.738. The highest BCUT2D eigenvalue weighted by Crippen LogP contribution is 2.20. The van der Waals surface area contributed by atoms with E-state index in [-0.39, 0.29) is 0 Å². The number of hydrogen-bond acceptors (Lipinski definition) is 3. The largest absolute Gasteiger partial charge is 0.384 e. The van der Waals surface area contributed by atoms with Crippen molar-refractivity contribution in [3.63, 3.8) is 0 Å². The van der Waals surface area contributed by atoms with Gasteiger partial charge >= 0.3 is 0 Å². The Morgan fingerprint density at radius 2 is 2.07 bits per heavy atom. The van der Waals surface area contributed by atoms with Crippen molar-refractivity contribution in [3.05, 3.63) is 29.6 Å². The Morgan fingerprint density at radius 3 is 2.71 bits per heavy atom. The van der Waals surface area contributed by atoms with Crippen LogP contribution in [-0.2, 0) is 5.60 Å². The molecule has 0 aliphatic rings. The summed E-state index contributed by atoms with van der Waals surface area (Å²) in [7, 11) is 0. The van der Waals surface area contributed by atoms with Gasteiger partial charge in [-0.15, -0.1) is 5.10 Å². The minimum absolute atomic E-state index is 0.746. The van der Waals surface area contributed by atoms with Gasteiger partial charge in [-0.05, 0) is 32.9 Å². The van der Waals surface area contributed by atoms with Gasteiger partial charge in [-0.25, -0.2) is 4.52 Å². The van der Waals surface area contributed by atoms with Crippen LogP contribution in [0.4, 0.5) is 0 Å². The Morgan fingerprint density at radius 1 is 1.36 bits per heavy atom. The third-order valence-electron chi connectivity index (χ3n) is 2.25. The number of nitrogens with zero attached hydrogens (tertiary/aromatic N) is 3. The summed E-state index contributed by atoms with van der Waals surface area (Å²) in [5.41, 5.74) is 1.65. The lowest BCUT2D eigenvalue weighted by Gasteiger charge is -2.18. The van der Waals surface area contributed by atoms with E-state index in [0.717, 1.165) is 16.9 Å². The summed E-state index contributed by atoms with van der Waals surface area (Å²) >= 11 is 0. The Hall–Kier alpha value is -1.42. The number of rotatable bonds is 1. The predicted molar refractivity (Wildman–Crippen MR) is 53.0 cm³/mol. The number of hydrogen-bond donors (Lipinski definition) is 1. The third kappa shape index (κ3) is 1.28. The van der Waals surface area contributed by atoms with Gasteiger partial charge in [-0.3, -0.25) is 0 Å². The molecule has 4 heteroatoms. The Balaban J connectivity index is 2.79.